The molecule has 0 radical (unpaired) electrons. The first kappa shape index (κ1) is 14.3. The highest BCUT2D eigenvalue weighted by Crippen LogP contribution is 2.30. The first-order valence-electron chi connectivity index (χ1n) is 6.09. The van der Waals surface area contributed by atoms with Gasteiger partial charge in [0.15, 0.2) is 5.82 Å². The second-order valence-electron chi connectivity index (χ2n) is 4.05. The summed E-state index contributed by atoms with van der Waals surface area (Å²) in [5.41, 5.74) is 1.02. The first-order valence-corrected chi connectivity index (χ1v) is 7.59. The average Bonchev–Trinajstić information content (AvgIpc) is 2.85. The molecule has 2 aromatic rings. The Kier molecular flexibility index (Phi) is 5.22. The molecule has 0 fully saturated rings. The number of aromatic nitrogens is 3. The molecule has 0 N–H and O–H groups in total. The molecule has 0 unspecified atom stereocenters. The number of para-hydroxylation sites is 1. The molecule has 0 bridgehead atoms. The van der Waals surface area contributed by atoms with Crippen LogP contribution in [0.2, 0.25) is 5.02 Å². The van der Waals surface area contributed by atoms with Gasteiger partial charge in [0.2, 0.25) is 0 Å². The molecule has 0 aliphatic carbocycles. The van der Waals surface area contributed by atoms with E-state index in [9.17, 15) is 0 Å². The van der Waals surface area contributed by atoms with Crippen molar-refractivity contribution in [1.29, 1.82) is 0 Å². The lowest BCUT2D eigenvalue weighted by atomic mass is 10.2. The number of ether oxygens (including phenoxy) is 1. The maximum atomic E-state index is 6.16. The Balaban J connectivity index is 2.12. The molecule has 102 valence electrons. The molecule has 0 atom stereocenters. The van der Waals surface area contributed by atoms with Crippen molar-refractivity contribution in [3.05, 3.63) is 40.9 Å². The highest BCUT2D eigenvalue weighted by Gasteiger charge is 2.10. The van der Waals surface area contributed by atoms with E-state index in [1.807, 2.05) is 22.9 Å². The molecule has 1 aromatic heterocycles. The third kappa shape index (κ3) is 3.48. The molecule has 0 aliphatic rings. The van der Waals surface area contributed by atoms with Gasteiger partial charge in [-0.1, -0.05) is 46.6 Å². The minimum Gasteiger partial charge on any atom is -0.484 e. The van der Waals surface area contributed by atoms with Gasteiger partial charge in [0.1, 0.15) is 18.7 Å². The van der Waals surface area contributed by atoms with Gasteiger partial charge in [-0.05, 0) is 12.5 Å². The summed E-state index contributed by atoms with van der Waals surface area (Å²) in [7, 11) is 0. The molecule has 0 saturated heterocycles. The Hall–Kier alpha value is -1.07. The zero-order chi connectivity index (χ0) is 13.7. The van der Waals surface area contributed by atoms with E-state index in [1.165, 1.54) is 0 Å². The summed E-state index contributed by atoms with van der Waals surface area (Å²) < 4.78 is 7.66. The number of hydrogen-bond acceptors (Lipinski definition) is 3. The molecule has 2 rings (SSSR count). The number of hydrogen-bond donors (Lipinski definition) is 0. The van der Waals surface area contributed by atoms with Crippen LogP contribution < -0.4 is 4.74 Å². The Labute approximate surface area is 125 Å². The van der Waals surface area contributed by atoms with Crippen LogP contribution in [0.5, 0.6) is 5.75 Å². The molecule has 1 aromatic carbocycles. The van der Waals surface area contributed by atoms with Crippen molar-refractivity contribution in [2.24, 2.45) is 0 Å². The summed E-state index contributed by atoms with van der Waals surface area (Å²) in [6.45, 7) is 3.31. The Morgan fingerprint density at radius 3 is 3.00 bits per heavy atom. The maximum absolute atomic E-state index is 6.16. The van der Waals surface area contributed by atoms with Crippen molar-refractivity contribution in [2.75, 3.05) is 0 Å². The molecule has 0 spiro atoms. The second-order valence-corrected chi connectivity index (χ2v) is 5.02. The quantitative estimate of drug-likeness (QED) is 0.748. The van der Waals surface area contributed by atoms with E-state index in [2.05, 4.69) is 32.9 Å². The van der Waals surface area contributed by atoms with Crippen LogP contribution in [-0.4, -0.2) is 14.8 Å². The summed E-state index contributed by atoms with van der Waals surface area (Å²) in [4.78, 5) is 4.21. The Morgan fingerprint density at radius 1 is 1.42 bits per heavy atom. The number of alkyl halides is 1. The zero-order valence-corrected chi connectivity index (χ0v) is 13.0. The van der Waals surface area contributed by atoms with Crippen molar-refractivity contribution >= 4 is 27.5 Å². The van der Waals surface area contributed by atoms with Crippen LogP contribution in [0.4, 0.5) is 0 Å². The van der Waals surface area contributed by atoms with E-state index in [0.717, 1.165) is 24.4 Å². The van der Waals surface area contributed by atoms with Crippen molar-refractivity contribution < 1.29 is 4.74 Å². The third-order valence-electron chi connectivity index (χ3n) is 2.67. The van der Waals surface area contributed by atoms with Gasteiger partial charge in [0.25, 0.3) is 0 Å². The van der Waals surface area contributed by atoms with Crippen molar-refractivity contribution in [3.63, 3.8) is 0 Å². The SMILES string of the molecule is CCCn1ncnc1COc1c(Cl)cccc1CBr. The van der Waals surface area contributed by atoms with E-state index >= 15 is 0 Å². The minimum atomic E-state index is 0.365. The molecule has 19 heavy (non-hydrogen) atoms. The predicted octanol–water partition coefficient (Wildman–Crippen LogP) is 3.82. The highest BCUT2D eigenvalue weighted by atomic mass is 79.9. The monoisotopic (exact) mass is 343 g/mol. The van der Waals surface area contributed by atoms with E-state index in [4.69, 9.17) is 16.3 Å². The van der Waals surface area contributed by atoms with Crippen LogP contribution in [0.3, 0.4) is 0 Å². The van der Waals surface area contributed by atoms with Crippen LogP contribution >= 0.6 is 27.5 Å². The predicted molar refractivity (Wildman–Crippen MR) is 78.7 cm³/mol. The van der Waals surface area contributed by atoms with Gasteiger partial charge in [0, 0.05) is 17.4 Å². The minimum absolute atomic E-state index is 0.365. The van der Waals surface area contributed by atoms with E-state index < -0.39 is 0 Å². The lowest BCUT2D eigenvalue weighted by Gasteiger charge is -2.11. The molecule has 6 heteroatoms. The Morgan fingerprint density at radius 2 is 2.26 bits per heavy atom. The van der Waals surface area contributed by atoms with Crippen molar-refractivity contribution in [2.45, 2.75) is 31.8 Å². The fraction of sp³-hybridized carbons (Fsp3) is 0.385. The van der Waals surface area contributed by atoms with Gasteiger partial charge in [-0.25, -0.2) is 9.67 Å². The van der Waals surface area contributed by atoms with Gasteiger partial charge in [-0.15, -0.1) is 0 Å². The van der Waals surface area contributed by atoms with Crippen LogP contribution in [0.15, 0.2) is 24.5 Å². The van der Waals surface area contributed by atoms with Gasteiger partial charge in [0.05, 0.1) is 5.02 Å². The number of benzene rings is 1. The van der Waals surface area contributed by atoms with Crippen LogP contribution in [-0.2, 0) is 18.5 Å². The maximum Gasteiger partial charge on any atom is 0.164 e. The summed E-state index contributed by atoms with van der Waals surface area (Å²) in [6.07, 6.45) is 2.56. The molecule has 1 heterocycles. The summed E-state index contributed by atoms with van der Waals surface area (Å²) in [5.74, 6) is 1.51. The molecule has 0 amide bonds. The van der Waals surface area contributed by atoms with Gasteiger partial charge in [-0.3, -0.25) is 0 Å². The fourth-order valence-corrected chi connectivity index (χ4v) is 2.45. The highest BCUT2D eigenvalue weighted by molar-refractivity contribution is 9.08. The van der Waals surface area contributed by atoms with E-state index in [-0.39, 0.29) is 0 Å². The summed E-state index contributed by atoms with van der Waals surface area (Å²) in [6, 6.07) is 5.71. The lowest BCUT2D eigenvalue weighted by molar-refractivity contribution is 0.284. The van der Waals surface area contributed by atoms with E-state index in [0.29, 0.717) is 22.7 Å². The standard InChI is InChI=1S/C13H15BrClN3O/c1-2-6-18-12(16-9-17-18)8-19-13-10(7-14)4-3-5-11(13)15/h3-5,9H,2,6-8H2,1H3. The summed E-state index contributed by atoms with van der Waals surface area (Å²) in [5, 5.41) is 5.48. The second kappa shape index (κ2) is 6.91. The lowest BCUT2D eigenvalue weighted by Crippen LogP contribution is -2.09. The topological polar surface area (TPSA) is 39.9 Å². The number of rotatable bonds is 6. The van der Waals surface area contributed by atoms with Gasteiger partial charge >= 0.3 is 0 Å². The van der Waals surface area contributed by atoms with Crippen LogP contribution in [0.25, 0.3) is 0 Å². The number of aryl methyl sites for hydroxylation is 1. The zero-order valence-electron chi connectivity index (χ0n) is 10.6. The third-order valence-corrected chi connectivity index (χ3v) is 3.57. The fourth-order valence-electron chi connectivity index (χ4n) is 1.76. The largest absolute Gasteiger partial charge is 0.484 e. The molecular weight excluding hydrogens is 330 g/mol. The van der Waals surface area contributed by atoms with Crippen molar-refractivity contribution in [3.8, 4) is 5.75 Å². The molecular formula is C13H15BrClN3O. The van der Waals surface area contributed by atoms with Crippen molar-refractivity contribution in [1.82, 2.24) is 14.8 Å². The number of halogens is 2. The smallest absolute Gasteiger partial charge is 0.164 e. The van der Waals surface area contributed by atoms with E-state index in [1.54, 1.807) is 6.33 Å². The van der Waals surface area contributed by atoms with Crippen LogP contribution in [0, 0.1) is 0 Å². The molecule has 4 nitrogen and oxygen atoms in total. The summed E-state index contributed by atoms with van der Waals surface area (Å²) >= 11 is 9.59. The molecule has 0 aliphatic heterocycles. The molecule has 0 saturated carbocycles. The normalized spacial score (nSPS) is 10.7. The van der Waals surface area contributed by atoms with Gasteiger partial charge < -0.3 is 4.74 Å². The Bertz CT molecular complexity index is 544. The first-order chi connectivity index (χ1) is 9.26. The van der Waals surface area contributed by atoms with Crippen LogP contribution in [0.1, 0.15) is 24.7 Å². The van der Waals surface area contributed by atoms with Gasteiger partial charge in [-0.2, -0.15) is 5.10 Å². The number of nitrogens with zero attached hydrogens (tertiary/aromatic N) is 3. The average molecular weight is 345 g/mol.